The molecule has 0 unspecified atom stereocenters. The highest BCUT2D eigenvalue weighted by Crippen LogP contribution is 2.42. The van der Waals surface area contributed by atoms with Crippen LogP contribution in [0.4, 0.5) is 0 Å². The second-order valence-corrected chi connectivity index (χ2v) is 21.2. The van der Waals surface area contributed by atoms with E-state index in [0.717, 1.165) is 183 Å². The zero-order valence-electron chi connectivity index (χ0n) is 50.6. The molecule has 5 rings (SSSR count). The number of carbonyl (C=O) groups excluding carboxylic acids is 5. The summed E-state index contributed by atoms with van der Waals surface area (Å²) < 4.78 is 56.0. The van der Waals surface area contributed by atoms with E-state index in [4.69, 9.17) is 42.6 Å². The van der Waals surface area contributed by atoms with Gasteiger partial charge in [0.15, 0.2) is 0 Å². The second kappa shape index (κ2) is 37.6. The maximum Gasteiger partial charge on any atom is 0.331 e. The Kier molecular flexibility index (Phi) is 30.0. The predicted molar refractivity (Wildman–Crippen MR) is 326 cm³/mol. The maximum atomic E-state index is 13.2. The topological polar surface area (TPSA) is 168 Å². The molecular formula is C70H90O14. The molecule has 8 bridgehead atoms. The Hall–Kier alpha value is -7.61. The molecule has 1 aliphatic carbocycles. The van der Waals surface area contributed by atoms with Gasteiger partial charge in [0.2, 0.25) is 0 Å². The molecule has 0 spiro atoms. The fourth-order valence-electron chi connectivity index (χ4n) is 10.1. The highest BCUT2D eigenvalue weighted by molar-refractivity contribution is 5.91. The molecule has 84 heavy (non-hydrogen) atoms. The second-order valence-electron chi connectivity index (χ2n) is 21.2. The summed E-state index contributed by atoms with van der Waals surface area (Å²) in [5, 5.41) is 0. The molecule has 0 N–H and O–H groups in total. The molecule has 0 fully saturated rings. The smallest absolute Gasteiger partial charge is 0.331 e. The van der Waals surface area contributed by atoms with Gasteiger partial charge in [-0.05, 0) is 141 Å². The minimum atomic E-state index is -0.737. The van der Waals surface area contributed by atoms with Crippen LogP contribution in [0.1, 0.15) is 197 Å². The summed E-state index contributed by atoms with van der Waals surface area (Å²) in [4.78, 5) is 63.6. The van der Waals surface area contributed by atoms with Crippen LogP contribution >= 0.6 is 0 Å². The third kappa shape index (κ3) is 22.5. The van der Waals surface area contributed by atoms with Crippen molar-refractivity contribution in [3.8, 4) is 23.0 Å². The van der Waals surface area contributed by atoms with Crippen LogP contribution in [0.5, 0.6) is 23.0 Å². The first-order valence-electron chi connectivity index (χ1n) is 30.3. The van der Waals surface area contributed by atoms with Crippen LogP contribution in [0.2, 0.25) is 0 Å². The first-order chi connectivity index (χ1) is 40.9. The first kappa shape index (κ1) is 67.2. The molecule has 0 amide bonds. The lowest BCUT2D eigenvalue weighted by Gasteiger charge is -2.25. The highest BCUT2D eigenvalue weighted by Gasteiger charge is 2.26. The number of benzene rings is 4. The van der Waals surface area contributed by atoms with Crippen LogP contribution in [-0.4, -0.2) is 63.4 Å². The molecule has 0 saturated heterocycles. The van der Waals surface area contributed by atoms with Crippen molar-refractivity contribution in [2.45, 2.75) is 183 Å². The summed E-state index contributed by atoms with van der Waals surface area (Å²) in [7, 11) is 1.23. The van der Waals surface area contributed by atoms with E-state index < -0.39 is 29.8 Å². The standard InChI is InChI=1S/C70H90O14/c1-9-16-20-24-30-77-67-54-34-50(46-81-62(71)13-5)35-55(67)43-57-37-52(48-83-64(73)15-7)39-59(69(57)79-32-26-22-18-11-3)45-61-41-53(49-84-66(75)29-28-65(74)76-8)40-60(70(61)80-33-27-23-19-12-4)44-58-38-51(47-82-63(72)14-6)36-56(42-54)68(58)78-31-25-21-17-10-2/h13-15,28-29,34-41H,5-7,9-12,16-27,30-33,42-49H2,1-4,8H3/b29-28-. The molecule has 4 aromatic rings. The van der Waals surface area contributed by atoms with Gasteiger partial charge in [0.05, 0.1) is 33.5 Å². The molecule has 0 radical (unpaired) electrons. The number of hydrogen-bond donors (Lipinski definition) is 0. The van der Waals surface area contributed by atoms with E-state index in [1.54, 1.807) is 0 Å². The van der Waals surface area contributed by atoms with Crippen molar-refractivity contribution < 1.29 is 66.6 Å². The Morgan fingerprint density at radius 2 is 0.571 bits per heavy atom. The van der Waals surface area contributed by atoms with E-state index in [0.29, 0.717) is 66.1 Å². The van der Waals surface area contributed by atoms with E-state index in [2.05, 4.69) is 47.4 Å². The zero-order valence-corrected chi connectivity index (χ0v) is 50.6. The lowest BCUT2D eigenvalue weighted by atomic mass is 9.88. The fraction of sp³-hybridized carbons (Fsp3) is 0.471. The molecule has 0 atom stereocenters. The minimum Gasteiger partial charge on any atom is -0.493 e. The number of rotatable bonds is 37. The molecule has 0 aliphatic heterocycles. The minimum absolute atomic E-state index is 0.0517. The van der Waals surface area contributed by atoms with Crippen molar-refractivity contribution in [1.29, 1.82) is 0 Å². The van der Waals surface area contributed by atoms with Gasteiger partial charge in [-0.1, -0.05) is 124 Å². The number of unbranched alkanes of at least 4 members (excludes halogenated alkanes) is 12. The van der Waals surface area contributed by atoms with Crippen LogP contribution in [0, 0.1) is 0 Å². The van der Waals surface area contributed by atoms with Gasteiger partial charge in [0.25, 0.3) is 0 Å². The number of esters is 5. The van der Waals surface area contributed by atoms with Crippen molar-refractivity contribution >= 4 is 29.8 Å². The van der Waals surface area contributed by atoms with Crippen molar-refractivity contribution in [1.82, 2.24) is 0 Å². The van der Waals surface area contributed by atoms with Gasteiger partial charge in [-0.3, -0.25) is 0 Å². The van der Waals surface area contributed by atoms with E-state index in [9.17, 15) is 24.0 Å². The third-order valence-corrected chi connectivity index (χ3v) is 14.3. The van der Waals surface area contributed by atoms with E-state index in [1.165, 1.54) is 7.11 Å². The highest BCUT2D eigenvalue weighted by atomic mass is 16.5. The van der Waals surface area contributed by atoms with Crippen molar-refractivity contribution in [3.63, 3.8) is 0 Å². The van der Waals surface area contributed by atoms with Crippen LogP contribution < -0.4 is 18.9 Å². The van der Waals surface area contributed by atoms with E-state index in [1.807, 2.05) is 48.5 Å². The molecule has 0 aromatic heterocycles. The summed E-state index contributed by atoms with van der Waals surface area (Å²) in [5.74, 6) is -0.537. The number of ether oxygens (including phenoxy) is 9. The van der Waals surface area contributed by atoms with Gasteiger partial charge < -0.3 is 42.6 Å². The van der Waals surface area contributed by atoms with Gasteiger partial charge in [0, 0.05) is 56.1 Å². The van der Waals surface area contributed by atoms with E-state index in [-0.39, 0.29) is 52.1 Å². The summed E-state index contributed by atoms with van der Waals surface area (Å²) in [5.41, 5.74) is 9.13. The number of fused-ring (bicyclic) bond motifs is 8. The third-order valence-electron chi connectivity index (χ3n) is 14.3. The Labute approximate surface area is 498 Å². The molecule has 4 aromatic carbocycles. The molecule has 14 heteroatoms. The van der Waals surface area contributed by atoms with Gasteiger partial charge in [0.1, 0.15) is 49.4 Å². The quantitative estimate of drug-likeness (QED) is 0.0159. The van der Waals surface area contributed by atoms with Crippen molar-refractivity contribution in [2.24, 2.45) is 0 Å². The van der Waals surface area contributed by atoms with Crippen LogP contribution in [0.15, 0.2) is 98.6 Å². The zero-order chi connectivity index (χ0) is 60.5. The summed E-state index contributed by atoms with van der Waals surface area (Å²) in [6.45, 7) is 21.0. The molecule has 454 valence electrons. The molecule has 0 heterocycles. The first-order valence-corrected chi connectivity index (χ1v) is 30.3. The maximum absolute atomic E-state index is 13.2. The van der Waals surface area contributed by atoms with Crippen LogP contribution in [0.3, 0.4) is 0 Å². The summed E-state index contributed by atoms with van der Waals surface area (Å²) in [6, 6.07) is 16.0. The monoisotopic (exact) mass is 1150 g/mol. The Bertz CT molecular complexity index is 2720. The predicted octanol–water partition coefficient (Wildman–Crippen LogP) is 14.7. The van der Waals surface area contributed by atoms with Gasteiger partial charge in [-0.2, -0.15) is 0 Å². The number of methoxy groups -OCH3 is 1. The summed E-state index contributed by atoms with van der Waals surface area (Å²) >= 11 is 0. The SMILES string of the molecule is C=CC(=O)OCc1cc2c(OCCCCCC)c(c1)Cc1cc(COC(=O)C=C)cc(c1OCCCCCC)Cc1cc(COC(=O)/C=C\C(=O)OC)cc(c1OCCCCCC)Cc1cc(COC(=O)C=C)cc(c1OCCCCCC)C2. The average Bonchev–Trinajstić information content (AvgIpc) is 3.40. The Balaban J connectivity index is 1.96. The van der Waals surface area contributed by atoms with Gasteiger partial charge in [-0.15, -0.1) is 0 Å². The molecule has 0 saturated carbocycles. The molecular weight excluding hydrogens is 1060 g/mol. The lowest BCUT2D eigenvalue weighted by Crippen LogP contribution is -2.13. The van der Waals surface area contributed by atoms with Gasteiger partial charge >= 0.3 is 29.8 Å². The number of hydrogen-bond acceptors (Lipinski definition) is 14. The van der Waals surface area contributed by atoms with Crippen molar-refractivity contribution in [3.05, 3.63) is 165 Å². The molecule has 14 nitrogen and oxygen atoms in total. The largest absolute Gasteiger partial charge is 0.493 e. The Morgan fingerprint density at radius 1 is 0.345 bits per heavy atom. The van der Waals surface area contributed by atoms with Crippen LogP contribution in [0.25, 0.3) is 0 Å². The lowest BCUT2D eigenvalue weighted by molar-refractivity contribution is -0.140. The fourth-order valence-corrected chi connectivity index (χ4v) is 10.1. The van der Waals surface area contributed by atoms with Crippen LogP contribution in [-0.2, 0) is 99.8 Å². The molecule has 1 aliphatic rings. The average molecular weight is 1160 g/mol. The Morgan fingerprint density at radius 3 is 0.786 bits per heavy atom. The number of carbonyl (C=O) groups is 5. The normalized spacial score (nSPS) is 11.7. The summed E-state index contributed by atoms with van der Waals surface area (Å²) in [6.07, 6.45) is 22.1. The van der Waals surface area contributed by atoms with Gasteiger partial charge in [-0.25, -0.2) is 24.0 Å². The van der Waals surface area contributed by atoms with Crippen molar-refractivity contribution in [2.75, 3.05) is 33.5 Å². The van der Waals surface area contributed by atoms with E-state index >= 15 is 0 Å².